The van der Waals surface area contributed by atoms with Gasteiger partial charge in [-0.2, -0.15) is 0 Å². The van der Waals surface area contributed by atoms with Crippen LogP contribution in [0.2, 0.25) is 0 Å². The van der Waals surface area contributed by atoms with Crippen molar-refractivity contribution < 1.29 is 9.53 Å². The maximum atomic E-state index is 11.1. The number of nitrogens with one attached hydrogen (secondary N) is 1. The van der Waals surface area contributed by atoms with Gasteiger partial charge in [0.1, 0.15) is 11.6 Å². The number of nitrogens with zero attached hydrogens (tertiary/aromatic N) is 4. The van der Waals surface area contributed by atoms with Gasteiger partial charge in [-0.1, -0.05) is 19.1 Å². The van der Waals surface area contributed by atoms with Crippen molar-refractivity contribution >= 4 is 28.3 Å². The quantitative estimate of drug-likeness (QED) is 0.610. The van der Waals surface area contributed by atoms with E-state index in [9.17, 15) is 4.79 Å². The molecule has 4 rings (SSSR count). The minimum Gasteiger partial charge on any atom is -0.436 e. The van der Waals surface area contributed by atoms with Crippen LogP contribution in [0.4, 0.5) is 5.69 Å². The summed E-state index contributed by atoms with van der Waals surface area (Å²) in [4.78, 5) is 15.7. The van der Waals surface area contributed by atoms with Crippen LogP contribution in [-0.2, 0) is 11.2 Å². The number of carbonyl (C=O) groups excluding carboxylic acids is 1. The van der Waals surface area contributed by atoms with Crippen LogP contribution < -0.4 is 10.1 Å². The highest BCUT2D eigenvalue weighted by atomic mass is 16.5. The second-order valence-electron chi connectivity index (χ2n) is 5.84. The van der Waals surface area contributed by atoms with E-state index in [0.29, 0.717) is 23.0 Å². The maximum Gasteiger partial charge on any atom is 0.266 e. The standard InChI is InChI=1S/C19H17N5O2/c1-3-17-22-23-18-19(21-15-6-4-5-7-16(15)24(17)18)26-14-10-8-13(9-11-14)20-12(2)25/h4-11H,3H2,1-2H3,(H,20,25). The van der Waals surface area contributed by atoms with E-state index < -0.39 is 0 Å². The molecule has 2 aromatic carbocycles. The molecule has 1 amide bonds. The number of hydrogen-bond donors (Lipinski definition) is 1. The first-order chi connectivity index (χ1) is 12.7. The summed E-state index contributed by atoms with van der Waals surface area (Å²) in [5.74, 6) is 1.73. The lowest BCUT2D eigenvalue weighted by molar-refractivity contribution is -0.114. The number of anilines is 1. The van der Waals surface area contributed by atoms with Gasteiger partial charge in [0.15, 0.2) is 0 Å². The third-order valence-corrected chi connectivity index (χ3v) is 3.97. The SMILES string of the molecule is CCc1nnc2c(Oc3ccc(NC(C)=O)cc3)nc3ccccc3n12. The average Bonchev–Trinajstić information content (AvgIpc) is 3.08. The molecule has 26 heavy (non-hydrogen) atoms. The van der Waals surface area contributed by atoms with Gasteiger partial charge in [-0.25, -0.2) is 4.98 Å². The van der Waals surface area contributed by atoms with E-state index in [1.165, 1.54) is 6.92 Å². The third-order valence-electron chi connectivity index (χ3n) is 3.97. The van der Waals surface area contributed by atoms with E-state index >= 15 is 0 Å². The van der Waals surface area contributed by atoms with E-state index in [1.807, 2.05) is 35.6 Å². The Bertz CT molecular complexity index is 1100. The number of benzene rings is 2. The Morgan fingerprint density at radius 1 is 1.12 bits per heavy atom. The summed E-state index contributed by atoms with van der Waals surface area (Å²) in [5, 5.41) is 11.2. The molecule has 4 aromatic rings. The van der Waals surface area contributed by atoms with Crippen molar-refractivity contribution in [1.29, 1.82) is 0 Å². The zero-order valence-corrected chi connectivity index (χ0v) is 14.4. The Balaban J connectivity index is 1.78. The van der Waals surface area contributed by atoms with E-state index in [-0.39, 0.29) is 5.91 Å². The summed E-state index contributed by atoms with van der Waals surface area (Å²) in [5.41, 5.74) is 3.03. The van der Waals surface area contributed by atoms with Gasteiger partial charge in [-0.3, -0.25) is 9.20 Å². The van der Waals surface area contributed by atoms with Gasteiger partial charge >= 0.3 is 0 Å². The highest BCUT2D eigenvalue weighted by Gasteiger charge is 2.15. The lowest BCUT2D eigenvalue weighted by Crippen LogP contribution is -2.05. The molecule has 7 heteroatoms. The first-order valence-electron chi connectivity index (χ1n) is 8.34. The molecule has 0 radical (unpaired) electrons. The summed E-state index contributed by atoms with van der Waals surface area (Å²) in [7, 11) is 0. The first kappa shape index (κ1) is 16.0. The number of rotatable bonds is 4. The monoisotopic (exact) mass is 347 g/mol. The topological polar surface area (TPSA) is 81.4 Å². The van der Waals surface area contributed by atoms with E-state index in [4.69, 9.17) is 4.74 Å². The van der Waals surface area contributed by atoms with Crippen molar-refractivity contribution in [2.45, 2.75) is 20.3 Å². The van der Waals surface area contributed by atoms with Crippen molar-refractivity contribution in [3.8, 4) is 11.6 Å². The van der Waals surface area contributed by atoms with Crippen LogP contribution in [0.25, 0.3) is 16.7 Å². The number of aryl methyl sites for hydroxylation is 1. The van der Waals surface area contributed by atoms with Crippen LogP contribution in [0, 0.1) is 0 Å². The van der Waals surface area contributed by atoms with Crippen LogP contribution in [0.15, 0.2) is 48.5 Å². The lowest BCUT2D eigenvalue weighted by Gasteiger charge is -2.10. The van der Waals surface area contributed by atoms with Crippen molar-refractivity contribution in [3.63, 3.8) is 0 Å². The summed E-state index contributed by atoms with van der Waals surface area (Å²) >= 11 is 0. The van der Waals surface area contributed by atoms with Crippen LogP contribution >= 0.6 is 0 Å². The van der Waals surface area contributed by atoms with Crippen molar-refractivity contribution in [3.05, 3.63) is 54.4 Å². The zero-order chi connectivity index (χ0) is 18.1. The molecule has 0 spiro atoms. The van der Waals surface area contributed by atoms with Gasteiger partial charge in [0.05, 0.1) is 11.0 Å². The van der Waals surface area contributed by atoms with E-state index in [0.717, 1.165) is 23.3 Å². The number of carbonyl (C=O) groups is 1. The van der Waals surface area contributed by atoms with E-state index in [2.05, 4.69) is 20.5 Å². The summed E-state index contributed by atoms with van der Waals surface area (Å²) in [6, 6.07) is 14.9. The molecule has 0 fully saturated rings. The molecule has 0 aliphatic carbocycles. The Hall–Kier alpha value is -3.48. The third kappa shape index (κ3) is 2.83. The maximum absolute atomic E-state index is 11.1. The zero-order valence-electron chi connectivity index (χ0n) is 14.4. The average molecular weight is 347 g/mol. The number of ether oxygens (including phenoxy) is 1. The van der Waals surface area contributed by atoms with Crippen LogP contribution in [0.5, 0.6) is 11.6 Å². The summed E-state index contributed by atoms with van der Waals surface area (Å²) in [6.07, 6.45) is 0.750. The van der Waals surface area contributed by atoms with Crippen molar-refractivity contribution in [2.75, 3.05) is 5.32 Å². The van der Waals surface area contributed by atoms with Gasteiger partial charge in [0, 0.05) is 19.0 Å². The minimum atomic E-state index is -0.118. The lowest BCUT2D eigenvalue weighted by atomic mass is 10.3. The molecule has 1 N–H and O–H groups in total. The molecule has 0 atom stereocenters. The molecule has 130 valence electrons. The minimum absolute atomic E-state index is 0.118. The highest BCUT2D eigenvalue weighted by molar-refractivity contribution is 5.88. The predicted octanol–water partition coefficient (Wildman–Crippen LogP) is 3.59. The summed E-state index contributed by atoms with van der Waals surface area (Å²) in [6.45, 7) is 3.50. The predicted molar refractivity (Wildman–Crippen MR) is 98.5 cm³/mol. The summed E-state index contributed by atoms with van der Waals surface area (Å²) < 4.78 is 7.95. The van der Waals surface area contributed by atoms with Gasteiger partial charge in [-0.15, -0.1) is 10.2 Å². The Morgan fingerprint density at radius 2 is 1.88 bits per heavy atom. The second kappa shape index (κ2) is 6.44. The molecule has 0 saturated heterocycles. The highest BCUT2D eigenvalue weighted by Crippen LogP contribution is 2.28. The van der Waals surface area contributed by atoms with Crippen molar-refractivity contribution in [1.82, 2.24) is 19.6 Å². The second-order valence-corrected chi connectivity index (χ2v) is 5.84. The number of amides is 1. The number of aromatic nitrogens is 4. The Morgan fingerprint density at radius 3 is 2.62 bits per heavy atom. The first-order valence-corrected chi connectivity index (χ1v) is 8.34. The van der Waals surface area contributed by atoms with Gasteiger partial charge in [0.2, 0.25) is 11.6 Å². The molecule has 0 unspecified atom stereocenters. The molecule has 7 nitrogen and oxygen atoms in total. The smallest absolute Gasteiger partial charge is 0.266 e. The molecule has 2 aromatic heterocycles. The molecule has 0 aliphatic heterocycles. The fourth-order valence-electron chi connectivity index (χ4n) is 2.83. The van der Waals surface area contributed by atoms with Gasteiger partial charge in [0.25, 0.3) is 5.88 Å². The molecule has 2 heterocycles. The fraction of sp³-hybridized carbons (Fsp3) is 0.158. The van der Waals surface area contributed by atoms with Crippen molar-refractivity contribution in [2.24, 2.45) is 0 Å². The van der Waals surface area contributed by atoms with Gasteiger partial charge in [-0.05, 0) is 36.4 Å². The molecular weight excluding hydrogens is 330 g/mol. The molecule has 0 saturated carbocycles. The van der Waals surface area contributed by atoms with Crippen LogP contribution in [-0.4, -0.2) is 25.5 Å². The molecule has 0 bridgehead atoms. The van der Waals surface area contributed by atoms with E-state index in [1.54, 1.807) is 24.3 Å². The van der Waals surface area contributed by atoms with Crippen LogP contribution in [0.3, 0.4) is 0 Å². The Labute approximate surface area is 149 Å². The number of hydrogen-bond acceptors (Lipinski definition) is 5. The fourth-order valence-corrected chi connectivity index (χ4v) is 2.83. The number of para-hydroxylation sites is 2. The van der Waals surface area contributed by atoms with Crippen LogP contribution in [0.1, 0.15) is 19.7 Å². The molecular formula is C19H17N5O2. The number of fused-ring (bicyclic) bond motifs is 3. The van der Waals surface area contributed by atoms with Gasteiger partial charge < -0.3 is 10.1 Å². The normalized spacial score (nSPS) is 11.0. The largest absolute Gasteiger partial charge is 0.436 e. The molecule has 0 aliphatic rings. The Kier molecular flexibility index (Phi) is 3.96.